The van der Waals surface area contributed by atoms with E-state index in [1.807, 2.05) is 0 Å². The fourth-order valence-electron chi connectivity index (χ4n) is 6.56. The smallest absolute Gasteiger partial charge is 0.0216 e. The minimum Gasteiger partial charge on any atom is -0.325 e. The molecule has 0 atom stereocenters. The van der Waals surface area contributed by atoms with Crippen LogP contribution in [0.5, 0.6) is 0 Å². The first-order valence-corrected chi connectivity index (χ1v) is 11.7. The highest BCUT2D eigenvalue weighted by Gasteiger charge is 2.57. The van der Waals surface area contributed by atoms with Crippen LogP contribution >= 0.6 is 0 Å². The van der Waals surface area contributed by atoms with Gasteiger partial charge in [-0.2, -0.15) is 0 Å². The second-order valence-electron chi connectivity index (χ2n) is 8.77. The van der Waals surface area contributed by atoms with Crippen molar-refractivity contribution in [2.45, 2.75) is 144 Å². The van der Waals surface area contributed by atoms with Crippen LogP contribution in [0.2, 0.25) is 0 Å². The van der Waals surface area contributed by atoms with E-state index < -0.39 is 0 Å². The Morgan fingerprint density at radius 2 is 0.720 bits per heavy atom. The van der Waals surface area contributed by atoms with Gasteiger partial charge in [0.25, 0.3) is 0 Å². The maximum atomic E-state index is 7.45. The molecule has 0 spiro atoms. The number of hydrogen-bond acceptors (Lipinski definition) is 1. The van der Waals surface area contributed by atoms with Gasteiger partial charge >= 0.3 is 0 Å². The van der Waals surface area contributed by atoms with Crippen molar-refractivity contribution in [3.8, 4) is 0 Å². The molecule has 0 saturated heterocycles. The summed E-state index contributed by atoms with van der Waals surface area (Å²) in [5, 5.41) is 0. The highest BCUT2D eigenvalue weighted by atomic mass is 14.8. The second kappa shape index (κ2) is 12.4. The van der Waals surface area contributed by atoms with Crippen LogP contribution in [0, 0.1) is 10.8 Å². The van der Waals surface area contributed by atoms with Crippen molar-refractivity contribution in [1.82, 2.24) is 0 Å². The highest BCUT2D eigenvalue weighted by Crippen LogP contribution is 2.61. The van der Waals surface area contributed by atoms with Gasteiger partial charge in [-0.1, -0.05) is 93.4 Å². The summed E-state index contributed by atoms with van der Waals surface area (Å²) in [5.41, 5.74) is 8.18. The molecule has 0 bridgehead atoms. The van der Waals surface area contributed by atoms with Gasteiger partial charge in [0.15, 0.2) is 0 Å². The van der Waals surface area contributed by atoms with E-state index in [9.17, 15) is 0 Å². The van der Waals surface area contributed by atoms with Crippen molar-refractivity contribution in [2.24, 2.45) is 16.6 Å². The van der Waals surface area contributed by atoms with Crippen molar-refractivity contribution < 1.29 is 0 Å². The predicted molar refractivity (Wildman–Crippen MR) is 116 cm³/mol. The Bertz CT molecular complexity index is 291. The molecular weight excluding hydrogens is 302 g/mol. The van der Waals surface area contributed by atoms with Gasteiger partial charge in [0, 0.05) is 5.54 Å². The van der Waals surface area contributed by atoms with Crippen LogP contribution in [-0.4, -0.2) is 5.54 Å². The van der Waals surface area contributed by atoms with E-state index in [1.165, 1.54) is 89.9 Å². The first kappa shape index (κ1) is 25.0. The molecule has 0 aliphatic rings. The third-order valence-corrected chi connectivity index (χ3v) is 6.90. The molecule has 0 fully saturated rings. The summed E-state index contributed by atoms with van der Waals surface area (Å²) in [5.74, 6) is 0. The molecule has 0 aromatic carbocycles. The molecule has 152 valence electrons. The lowest BCUT2D eigenvalue weighted by Crippen LogP contribution is -2.63. The van der Waals surface area contributed by atoms with Gasteiger partial charge in [-0.25, -0.2) is 0 Å². The minimum atomic E-state index is 0.00201. The van der Waals surface area contributed by atoms with Crippen molar-refractivity contribution in [3.05, 3.63) is 0 Å². The van der Waals surface area contributed by atoms with Crippen LogP contribution in [0.25, 0.3) is 0 Å². The Hall–Kier alpha value is -0.0400. The maximum absolute atomic E-state index is 7.45. The number of nitrogens with two attached hydrogens (primary N) is 1. The van der Waals surface area contributed by atoms with E-state index in [0.29, 0.717) is 10.8 Å². The standard InChI is InChI=1S/C24H51N/c1-8-15-22(16-9-2,17-10-3)23(18-11-4,19-12-5)24(25,20-13-6)21-14-7/h8-21,25H2,1-7H3. The minimum absolute atomic E-state index is 0.00201. The maximum Gasteiger partial charge on any atom is 0.0216 e. The zero-order valence-corrected chi connectivity index (χ0v) is 19.0. The molecule has 0 aliphatic carbocycles. The quantitative estimate of drug-likeness (QED) is 0.297. The molecule has 1 nitrogen and oxygen atoms in total. The van der Waals surface area contributed by atoms with Crippen molar-refractivity contribution in [2.75, 3.05) is 0 Å². The van der Waals surface area contributed by atoms with Crippen LogP contribution < -0.4 is 5.73 Å². The van der Waals surface area contributed by atoms with Crippen molar-refractivity contribution in [1.29, 1.82) is 0 Å². The van der Waals surface area contributed by atoms with E-state index in [0.717, 1.165) is 0 Å². The molecule has 0 radical (unpaired) electrons. The summed E-state index contributed by atoms with van der Waals surface area (Å²) in [4.78, 5) is 0. The predicted octanol–water partition coefficient (Wildman–Crippen LogP) is 8.26. The van der Waals surface area contributed by atoms with E-state index in [4.69, 9.17) is 5.73 Å². The zero-order chi connectivity index (χ0) is 19.4. The van der Waals surface area contributed by atoms with Crippen LogP contribution in [0.3, 0.4) is 0 Å². The molecule has 0 saturated carbocycles. The first-order valence-electron chi connectivity index (χ1n) is 11.7. The molecule has 0 aromatic heterocycles. The van der Waals surface area contributed by atoms with Gasteiger partial charge in [-0.15, -0.1) is 0 Å². The Morgan fingerprint density at radius 3 is 0.960 bits per heavy atom. The molecule has 0 heterocycles. The summed E-state index contributed by atoms with van der Waals surface area (Å²) >= 11 is 0. The van der Waals surface area contributed by atoms with Crippen LogP contribution in [0.1, 0.15) is 138 Å². The fraction of sp³-hybridized carbons (Fsp3) is 1.00. The summed E-state index contributed by atoms with van der Waals surface area (Å²) < 4.78 is 0. The zero-order valence-electron chi connectivity index (χ0n) is 19.0. The average Bonchev–Trinajstić information content (AvgIpc) is 2.55. The molecule has 2 N–H and O–H groups in total. The highest BCUT2D eigenvalue weighted by molar-refractivity contribution is 5.11. The lowest BCUT2D eigenvalue weighted by molar-refractivity contribution is -0.0852. The van der Waals surface area contributed by atoms with E-state index in [2.05, 4.69) is 48.5 Å². The van der Waals surface area contributed by atoms with Gasteiger partial charge in [0.1, 0.15) is 0 Å². The normalized spacial score (nSPS) is 13.4. The lowest BCUT2D eigenvalue weighted by Gasteiger charge is -2.61. The van der Waals surface area contributed by atoms with E-state index in [-0.39, 0.29) is 5.54 Å². The Balaban J connectivity index is 6.52. The number of rotatable bonds is 16. The van der Waals surface area contributed by atoms with E-state index >= 15 is 0 Å². The van der Waals surface area contributed by atoms with Crippen molar-refractivity contribution >= 4 is 0 Å². The topological polar surface area (TPSA) is 26.0 Å². The average molecular weight is 354 g/mol. The summed E-state index contributed by atoms with van der Waals surface area (Å²) in [6.45, 7) is 16.6. The molecular formula is C24H51N. The molecule has 25 heavy (non-hydrogen) atoms. The summed E-state index contributed by atoms with van der Waals surface area (Å²) in [7, 11) is 0. The Labute approximate surface area is 160 Å². The van der Waals surface area contributed by atoms with Gasteiger partial charge in [0.05, 0.1) is 0 Å². The summed E-state index contributed by atoms with van der Waals surface area (Å²) in [6, 6.07) is 0. The van der Waals surface area contributed by atoms with Gasteiger partial charge < -0.3 is 5.73 Å². The Morgan fingerprint density at radius 1 is 0.440 bits per heavy atom. The summed E-state index contributed by atoms with van der Waals surface area (Å²) in [6.07, 6.45) is 18.0. The van der Waals surface area contributed by atoms with Gasteiger partial charge in [-0.3, -0.25) is 0 Å². The number of hydrogen-bond donors (Lipinski definition) is 1. The first-order chi connectivity index (χ1) is 11.9. The van der Waals surface area contributed by atoms with E-state index in [1.54, 1.807) is 0 Å². The molecule has 0 rings (SSSR count). The SMILES string of the molecule is CCCC(N)(CCC)C(CCC)(CCC)C(CCC)(CCC)CCC. The van der Waals surface area contributed by atoms with Crippen molar-refractivity contribution in [3.63, 3.8) is 0 Å². The molecule has 0 amide bonds. The van der Waals surface area contributed by atoms with Crippen LogP contribution in [0.15, 0.2) is 0 Å². The molecule has 1 heteroatoms. The van der Waals surface area contributed by atoms with Gasteiger partial charge in [-0.05, 0) is 55.8 Å². The second-order valence-corrected chi connectivity index (χ2v) is 8.77. The third-order valence-electron chi connectivity index (χ3n) is 6.90. The molecule has 0 aromatic rings. The fourth-order valence-corrected chi connectivity index (χ4v) is 6.56. The van der Waals surface area contributed by atoms with Crippen LogP contribution in [-0.2, 0) is 0 Å². The lowest BCUT2D eigenvalue weighted by atomic mass is 9.45. The third kappa shape index (κ3) is 5.47. The molecule has 0 aliphatic heterocycles. The molecule has 0 unspecified atom stereocenters. The largest absolute Gasteiger partial charge is 0.325 e. The van der Waals surface area contributed by atoms with Crippen LogP contribution in [0.4, 0.5) is 0 Å². The van der Waals surface area contributed by atoms with Gasteiger partial charge in [0.2, 0.25) is 0 Å². The Kier molecular flexibility index (Phi) is 12.3. The monoisotopic (exact) mass is 353 g/mol.